The quantitative estimate of drug-likeness (QED) is 0.561. The maximum Gasteiger partial charge on any atom is 0.261 e. The lowest BCUT2D eigenvalue weighted by Gasteiger charge is -2.31. The molecule has 0 bridgehead atoms. The van der Waals surface area contributed by atoms with Crippen LogP contribution in [0.1, 0.15) is 44.4 Å². The summed E-state index contributed by atoms with van der Waals surface area (Å²) in [5.41, 5.74) is 2.51. The van der Waals surface area contributed by atoms with Gasteiger partial charge in [0.25, 0.3) is 5.91 Å². The third kappa shape index (κ3) is 7.26. The molecule has 0 spiro atoms. The minimum atomic E-state index is -0.676. The molecule has 6 nitrogen and oxygen atoms in total. The van der Waals surface area contributed by atoms with Crippen LogP contribution in [0.5, 0.6) is 11.5 Å². The number of hydrogen-bond donors (Lipinski definition) is 1. The zero-order chi connectivity index (χ0) is 24.1. The lowest BCUT2D eigenvalue weighted by atomic mass is 10.1. The Hall–Kier alpha value is -2.54. The second-order valence-corrected chi connectivity index (χ2v) is 9.74. The third-order valence-electron chi connectivity index (χ3n) is 4.92. The third-order valence-corrected chi connectivity index (χ3v) is 6.18. The number of rotatable bonds is 8. The maximum absolute atomic E-state index is 13.2. The number of nitrogens with zero attached hydrogens (tertiary/aromatic N) is 1. The van der Waals surface area contributed by atoms with Crippen LogP contribution < -0.4 is 14.8 Å². The number of benzene rings is 2. The molecule has 32 heavy (non-hydrogen) atoms. The molecule has 1 atom stereocenters. The Labute approximate surface area is 199 Å². The molecule has 0 saturated heterocycles. The number of ether oxygens (including phenoxy) is 2. The molecule has 2 aromatic carbocycles. The second kappa shape index (κ2) is 10.9. The van der Waals surface area contributed by atoms with Gasteiger partial charge in [-0.15, -0.1) is 0 Å². The number of hydrogen-bond acceptors (Lipinski definition) is 4. The van der Waals surface area contributed by atoms with Gasteiger partial charge in [0.05, 0.1) is 7.11 Å². The molecule has 0 heterocycles. The highest BCUT2D eigenvalue weighted by Crippen LogP contribution is 2.26. The van der Waals surface area contributed by atoms with Gasteiger partial charge in [0.2, 0.25) is 5.91 Å². The molecular formula is C25H33BrN2O4. The molecule has 0 aliphatic heterocycles. The number of aryl methyl sites for hydroxylation is 2. The van der Waals surface area contributed by atoms with E-state index in [1.807, 2.05) is 71.0 Å². The van der Waals surface area contributed by atoms with Crippen molar-refractivity contribution in [3.05, 3.63) is 57.6 Å². The summed E-state index contributed by atoms with van der Waals surface area (Å²) in [6, 6.07) is 10.5. The first-order valence-electron chi connectivity index (χ1n) is 10.5. The zero-order valence-corrected chi connectivity index (χ0v) is 21.5. The van der Waals surface area contributed by atoms with E-state index in [0.717, 1.165) is 21.2 Å². The molecule has 174 valence electrons. The first-order chi connectivity index (χ1) is 14.9. The van der Waals surface area contributed by atoms with E-state index in [4.69, 9.17) is 9.47 Å². The number of carbonyl (C=O) groups excluding carboxylic acids is 2. The molecule has 0 radical (unpaired) electrons. The van der Waals surface area contributed by atoms with Crippen LogP contribution in [0.15, 0.2) is 40.9 Å². The van der Waals surface area contributed by atoms with E-state index in [1.165, 1.54) is 4.90 Å². The van der Waals surface area contributed by atoms with Crippen molar-refractivity contribution in [2.45, 2.75) is 59.7 Å². The van der Waals surface area contributed by atoms with Gasteiger partial charge in [-0.2, -0.15) is 0 Å². The monoisotopic (exact) mass is 504 g/mol. The van der Waals surface area contributed by atoms with E-state index in [1.54, 1.807) is 14.0 Å². The second-order valence-electron chi connectivity index (χ2n) is 8.95. The Bertz CT molecular complexity index is 946. The van der Waals surface area contributed by atoms with Crippen LogP contribution in [-0.4, -0.2) is 42.0 Å². The fourth-order valence-electron chi connectivity index (χ4n) is 3.24. The summed E-state index contributed by atoms with van der Waals surface area (Å²) >= 11 is 3.54. The smallest absolute Gasteiger partial charge is 0.261 e. The van der Waals surface area contributed by atoms with Crippen molar-refractivity contribution in [2.24, 2.45) is 0 Å². The van der Waals surface area contributed by atoms with Gasteiger partial charge >= 0.3 is 0 Å². The summed E-state index contributed by atoms with van der Waals surface area (Å²) in [5.74, 6) is 0.815. The topological polar surface area (TPSA) is 67.9 Å². The molecule has 7 heteroatoms. The minimum Gasteiger partial charge on any atom is -0.497 e. The van der Waals surface area contributed by atoms with E-state index >= 15 is 0 Å². The molecule has 2 amide bonds. The molecule has 0 aliphatic carbocycles. The lowest BCUT2D eigenvalue weighted by molar-refractivity contribution is -0.142. The Morgan fingerprint density at radius 2 is 1.72 bits per heavy atom. The first-order valence-corrected chi connectivity index (χ1v) is 11.3. The van der Waals surface area contributed by atoms with Crippen LogP contribution in [0, 0.1) is 13.8 Å². The SMILES string of the molecule is COc1cccc(CN(C(=O)COc2cc(C)c(Br)c(C)c2)[C@@H](C)C(=O)NC(C)(C)C)c1. The number of halogens is 1. The van der Waals surface area contributed by atoms with E-state index in [0.29, 0.717) is 11.5 Å². The van der Waals surface area contributed by atoms with Gasteiger partial charge in [-0.05, 0) is 82.5 Å². The van der Waals surface area contributed by atoms with Gasteiger partial charge in [0.1, 0.15) is 17.5 Å². The summed E-state index contributed by atoms with van der Waals surface area (Å²) in [7, 11) is 1.59. The van der Waals surface area contributed by atoms with Crippen molar-refractivity contribution >= 4 is 27.7 Å². The summed E-state index contributed by atoms with van der Waals surface area (Å²) in [6.45, 7) is 11.5. The van der Waals surface area contributed by atoms with E-state index < -0.39 is 11.6 Å². The minimum absolute atomic E-state index is 0.169. The molecular weight excluding hydrogens is 472 g/mol. The standard InChI is InChI=1S/C25H33BrN2O4/c1-16-11-21(12-17(2)23(16)26)32-15-22(29)28(18(3)24(30)27-25(4,5)6)14-19-9-8-10-20(13-19)31-7/h8-13,18H,14-15H2,1-7H3,(H,27,30)/t18-/m0/s1. The van der Waals surface area contributed by atoms with Crippen LogP contribution >= 0.6 is 15.9 Å². The van der Waals surface area contributed by atoms with Crippen LogP contribution in [0.25, 0.3) is 0 Å². The van der Waals surface area contributed by atoms with Crippen molar-refractivity contribution in [1.82, 2.24) is 10.2 Å². The highest BCUT2D eigenvalue weighted by Gasteiger charge is 2.28. The van der Waals surface area contributed by atoms with Gasteiger partial charge in [0.15, 0.2) is 6.61 Å². The van der Waals surface area contributed by atoms with E-state index in [-0.39, 0.29) is 25.0 Å². The summed E-state index contributed by atoms with van der Waals surface area (Å²) < 4.78 is 12.1. The molecule has 0 aromatic heterocycles. The first kappa shape index (κ1) is 25.7. The molecule has 0 saturated carbocycles. The van der Waals surface area contributed by atoms with Crippen LogP contribution in [-0.2, 0) is 16.1 Å². The highest BCUT2D eigenvalue weighted by molar-refractivity contribution is 9.10. The Kier molecular flexibility index (Phi) is 8.73. The Morgan fingerprint density at radius 3 is 2.28 bits per heavy atom. The molecule has 1 N–H and O–H groups in total. The molecule has 2 aromatic rings. The predicted molar refractivity (Wildman–Crippen MR) is 130 cm³/mol. The summed E-state index contributed by atoms with van der Waals surface area (Å²) in [4.78, 5) is 27.6. The fraction of sp³-hybridized carbons (Fsp3) is 0.440. The number of methoxy groups -OCH3 is 1. The maximum atomic E-state index is 13.2. The Morgan fingerprint density at radius 1 is 1.09 bits per heavy atom. The largest absolute Gasteiger partial charge is 0.497 e. The van der Waals surface area contributed by atoms with Crippen LogP contribution in [0.2, 0.25) is 0 Å². The highest BCUT2D eigenvalue weighted by atomic mass is 79.9. The number of amides is 2. The average molecular weight is 505 g/mol. The normalized spacial score (nSPS) is 12.1. The van der Waals surface area contributed by atoms with Crippen LogP contribution in [0.3, 0.4) is 0 Å². The lowest BCUT2D eigenvalue weighted by Crippen LogP contribution is -2.53. The van der Waals surface area contributed by atoms with Gasteiger partial charge < -0.3 is 19.7 Å². The summed E-state index contributed by atoms with van der Waals surface area (Å²) in [6.07, 6.45) is 0. The van der Waals surface area contributed by atoms with Gasteiger partial charge in [-0.1, -0.05) is 28.1 Å². The van der Waals surface area contributed by atoms with Crippen molar-refractivity contribution in [1.29, 1.82) is 0 Å². The fourth-order valence-corrected chi connectivity index (χ4v) is 3.47. The van der Waals surface area contributed by atoms with Crippen molar-refractivity contribution < 1.29 is 19.1 Å². The van der Waals surface area contributed by atoms with Crippen LogP contribution in [0.4, 0.5) is 0 Å². The molecule has 0 unspecified atom stereocenters. The molecule has 0 fully saturated rings. The predicted octanol–water partition coefficient (Wildman–Crippen LogP) is 4.79. The van der Waals surface area contributed by atoms with Crippen molar-refractivity contribution in [3.63, 3.8) is 0 Å². The summed E-state index contributed by atoms with van der Waals surface area (Å²) in [5, 5.41) is 2.95. The van der Waals surface area contributed by atoms with Crippen molar-refractivity contribution in [3.8, 4) is 11.5 Å². The number of carbonyl (C=O) groups is 2. The van der Waals surface area contributed by atoms with E-state index in [9.17, 15) is 9.59 Å². The molecule has 2 rings (SSSR count). The van der Waals surface area contributed by atoms with Gasteiger partial charge in [-0.25, -0.2) is 0 Å². The van der Waals surface area contributed by atoms with Crippen molar-refractivity contribution in [2.75, 3.05) is 13.7 Å². The van der Waals surface area contributed by atoms with Gasteiger partial charge in [-0.3, -0.25) is 9.59 Å². The molecule has 0 aliphatic rings. The zero-order valence-electron chi connectivity index (χ0n) is 19.9. The average Bonchev–Trinajstić information content (AvgIpc) is 2.72. The van der Waals surface area contributed by atoms with E-state index in [2.05, 4.69) is 21.2 Å². The van der Waals surface area contributed by atoms with Gasteiger partial charge in [0, 0.05) is 16.6 Å². The Balaban J connectivity index is 2.23. The number of nitrogens with one attached hydrogen (secondary N) is 1.